The second kappa shape index (κ2) is 9.76. The first kappa shape index (κ1) is 22.5. The molecule has 1 saturated carbocycles. The van der Waals surface area contributed by atoms with Gasteiger partial charge >= 0.3 is 177 Å². The third-order valence-corrected chi connectivity index (χ3v) is 13.0. The minimum Gasteiger partial charge on any atom is -1.00 e. The van der Waals surface area contributed by atoms with Gasteiger partial charge in [0.2, 0.25) is 0 Å². The summed E-state index contributed by atoms with van der Waals surface area (Å²) in [6.45, 7) is 2.44. The van der Waals surface area contributed by atoms with Crippen LogP contribution in [0.15, 0.2) is 84.0 Å². The van der Waals surface area contributed by atoms with E-state index in [0.717, 1.165) is 21.8 Å². The van der Waals surface area contributed by atoms with Gasteiger partial charge in [0.05, 0.1) is 0 Å². The number of rotatable bonds is 4. The number of halogens is 2. The number of hydrogen-bond donors (Lipinski definition) is 0. The Bertz CT molecular complexity index is 948. The minimum absolute atomic E-state index is 0. The molecule has 148 valence electrons. The maximum absolute atomic E-state index is 2.47. The van der Waals surface area contributed by atoms with Crippen LogP contribution in [0, 0.1) is 5.92 Å². The van der Waals surface area contributed by atoms with Crippen molar-refractivity contribution in [2.24, 2.45) is 5.92 Å². The van der Waals surface area contributed by atoms with Crippen LogP contribution in [0.2, 0.25) is 3.63 Å². The molecule has 4 heteroatoms. The number of fused-ring (bicyclic) bond motifs is 2. The standard InChI is InChI=1S/C16H14P.C9H11.2FH.Zr/c1-12-11-13-7-5-6-10-15(13)16(12)17-14-8-3-2-4-9-14;1-2-5-9-7-3-6-8(9)4-1;;;/h2-11,17H,1H3;1-2,4,6,9H,3,5,7H2;2*1H;/q;;;;+2/p-2. The minimum atomic E-state index is -0.576. The van der Waals surface area contributed by atoms with E-state index in [9.17, 15) is 0 Å². The Hall–Kier alpha value is -1.17. The van der Waals surface area contributed by atoms with Crippen LogP contribution in [0.4, 0.5) is 0 Å². The molecule has 3 aliphatic rings. The Labute approximate surface area is 185 Å². The van der Waals surface area contributed by atoms with Gasteiger partial charge in [0.1, 0.15) is 0 Å². The van der Waals surface area contributed by atoms with E-state index in [2.05, 4.69) is 79.7 Å². The number of benzene rings is 2. The number of allylic oxidation sites excluding steroid dienone is 5. The van der Waals surface area contributed by atoms with Gasteiger partial charge in [0, 0.05) is 0 Å². The normalized spacial score (nSPS) is 24.4. The van der Waals surface area contributed by atoms with E-state index in [1.165, 1.54) is 24.6 Å². The maximum Gasteiger partial charge on any atom is -1.00 e. The van der Waals surface area contributed by atoms with E-state index < -0.39 is 23.2 Å². The summed E-state index contributed by atoms with van der Waals surface area (Å²) < 4.78 is 1.71. The van der Waals surface area contributed by atoms with Gasteiger partial charge < -0.3 is 9.41 Å². The topological polar surface area (TPSA) is 0 Å². The molecule has 29 heavy (non-hydrogen) atoms. The van der Waals surface area contributed by atoms with E-state index in [-0.39, 0.29) is 9.41 Å². The van der Waals surface area contributed by atoms with Crippen LogP contribution in [-0.2, 0) is 23.2 Å². The predicted octanol–water partition coefficient (Wildman–Crippen LogP) is 0.652. The zero-order valence-electron chi connectivity index (χ0n) is 16.5. The van der Waals surface area contributed by atoms with E-state index in [0.29, 0.717) is 0 Å². The average Bonchev–Trinajstić information content (AvgIpc) is 3.24. The summed E-state index contributed by atoms with van der Waals surface area (Å²) in [5.41, 5.74) is 6.71. The molecule has 5 rings (SSSR count). The van der Waals surface area contributed by atoms with Crippen LogP contribution in [0.3, 0.4) is 0 Å². The van der Waals surface area contributed by atoms with Crippen molar-refractivity contribution in [1.29, 1.82) is 0 Å². The molecular weight excluding hydrogens is 460 g/mol. The molecule has 0 amide bonds. The molecule has 4 atom stereocenters. The zero-order valence-corrected chi connectivity index (χ0v) is 20.0. The largest absolute Gasteiger partial charge is 1.00 e. The van der Waals surface area contributed by atoms with Gasteiger partial charge in [-0.15, -0.1) is 0 Å². The third kappa shape index (κ3) is 4.33. The smallest absolute Gasteiger partial charge is 1.00 e. The van der Waals surface area contributed by atoms with Crippen molar-refractivity contribution in [2.45, 2.75) is 33.4 Å². The molecule has 2 aromatic carbocycles. The Morgan fingerprint density at radius 1 is 0.931 bits per heavy atom. The molecule has 0 aliphatic heterocycles. The van der Waals surface area contributed by atoms with Gasteiger partial charge in [-0.25, -0.2) is 0 Å². The summed E-state index contributed by atoms with van der Waals surface area (Å²) in [5.74, 6) is 0.868. The fourth-order valence-electron chi connectivity index (χ4n) is 4.91. The van der Waals surface area contributed by atoms with Crippen LogP contribution in [0.1, 0.15) is 40.9 Å². The predicted molar refractivity (Wildman–Crippen MR) is 114 cm³/mol. The van der Waals surface area contributed by atoms with E-state index in [4.69, 9.17) is 0 Å². The second-order valence-corrected chi connectivity index (χ2v) is 13.2. The summed E-state index contributed by atoms with van der Waals surface area (Å²) in [7, 11) is 0.786. The van der Waals surface area contributed by atoms with Crippen LogP contribution in [0.25, 0.3) is 5.31 Å². The monoisotopic (exact) mass is 484 g/mol. The quantitative estimate of drug-likeness (QED) is 0.558. The van der Waals surface area contributed by atoms with E-state index in [1.807, 2.05) is 5.57 Å². The van der Waals surface area contributed by atoms with Gasteiger partial charge in [-0.2, -0.15) is 0 Å². The Morgan fingerprint density at radius 2 is 1.69 bits per heavy atom. The summed E-state index contributed by atoms with van der Waals surface area (Å²) in [6, 6.07) is 20.3. The molecular formula is C25H25F2PZr. The Balaban J connectivity index is 0.00000120. The summed E-state index contributed by atoms with van der Waals surface area (Å²) in [4.78, 5) is 0. The molecule has 0 heterocycles. The fraction of sp³-hybridized carbons (Fsp3) is 0.280. The van der Waals surface area contributed by atoms with Gasteiger partial charge in [-0.05, 0) is 0 Å². The van der Waals surface area contributed by atoms with Crippen molar-refractivity contribution >= 4 is 19.2 Å². The van der Waals surface area contributed by atoms with Crippen molar-refractivity contribution in [3.63, 3.8) is 0 Å². The molecule has 0 radical (unpaired) electrons. The van der Waals surface area contributed by atoms with E-state index >= 15 is 0 Å². The average molecular weight is 486 g/mol. The third-order valence-electron chi connectivity index (χ3n) is 6.30. The van der Waals surface area contributed by atoms with Crippen molar-refractivity contribution in [3.05, 3.63) is 95.1 Å². The summed E-state index contributed by atoms with van der Waals surface area (Å²) >= 11 is -0.576. The Kier molecular flexibility index (Phi) is 7.58. The SMILES string of the molecule is CC1=C(Pc2ccccc2)c2ccccc2[CH]1[Zr+2][CH]1CCC2CC=CC=C21.[F-].[F-]. The fourth-order valence-corrected chi connectivity index (χ4v) is 11.7. The van der Waals surface area contributed by atoms with Gasteiger partial charge in [-0.1, -0.05) is 0 Å². The van der Waals surface area contributed by atoms with Gasteiger partial charge in [-0.3, -0.25) is 0 Å². The first-order valence-corrected chi connectivity index (χ1v) is 13.9. The molecule has 4 unspecified atom stereocenters. The first-order valence-electron chi connectivity index (χ1n) is 10.1. The van der Waals surface area contributed by atoms with Crippen LogP contribution in [-0.4, -0.2) is 0 Å². The number of hydrogen-bond acceptors (Lipinski definition) is 0. The van der Waals surface area contributed by atoms with Crippen LogP contribution >= 0.6 is 8.58 Å². The van der Waals surface area contributed by atoms with Crippen LogP contribution in [0.5, 0.6) is 0 Å². The van der Waals surface area contributed by atoms with E-state index in [1.54, 1.807) is 22.0 Å². The molecule has 0 bridgehead atoms. The summed E-state index contributed by atoms with van der Waals surface area (Å²) in [5, 5.41) is 3.10. The maximum atomic E-state index is 2.47. The molecule has 0 saturated heterocycles. The molecule has 3 aliphatic carbocycles. The van der Waals surface area contributed by atoms with Crippen LogP contribution < -0.4 is 14.7 Å². The van der Waals surface area contributed by atoms with Crippen molar-refractivity contribution < 1.29 is 32.6 Å². The zero-order chi connectivity index (χ0) is 18.2. The van der Waals surface area contributed by atoms with Crippen molar-refractivity contribution in [3.8, 4) is 0 Å². The summed E-state index contributed by atoms with van der Waals surface area (Å²) in [6.07, 6.45) is 11.3. The first-order chi connectivity index (χ1) is 13.3. The second-order valence-electron chi connectivity index (χ2n) is 7.89. The molecule has 0 aromatic heterocycles. The Morgan fingerprint density at radius 3 is 2.52 bits per heavy atom. The molecule has 1 fully saturated rings. The van der Waals surface area contributed by atoms with Gasteiger partial charge in [0.25, 0.3) is 0 Å². The van der Waals surface area contributed by atoms with Crippen molar-refractivity contribution in [1.82, 2.24) is 0 Å². The molecule has 0 N–H and O–H groups in total. The van der Waals surface area contributed by atoms with Crippen molar-refractivity contribution in [2.75, 3.05) is 0 Å². The van der Waals surface area contributed by atoms with Gasteiger partial charge in [0.15, 0.2) is 0 Å². The molecule has 0 nitrogen and oxygen atoms in total. The molecule has 0 spiro atoms. The molecule has 2 aromatic rings.